The van der Waals surface area contributed by atoms with Gasteiger partial charge in [0.15, 0.2) is 5.76 Å². The van der Waals surface area contributed by atoms with Gasteiger partial charge < -0.3 is 4.52 Å². The summed E-state index contributed by atoms with van der Waals surface area (Å²) in [6.07, 6.45) is 0.757. The third-order valence-corrected chi connectivity index (χ3v) is 6.63. The van der Waals surface area contributed by atoms with Gasteiger partial charge >= 0.3 is 0 Å². The van der Waals surface area contributed by atoms with Gasteiger partial charge in [-0.15, -0.1) is 11.3 Å². The van der Waals surface area contributed by atoms with E-state index in [1.165, 1.54) is 0 Å². The van der Waals surface area contributed by atoms with E-state index in [2.05, 4.69) is 9.88 Å². The second kappa shape index (κ2) is 6.41. The lowest BCUT2D eigenvalue weighted by molar-refractivity contribution is 0.428. The molecule has 0 spiro atoms. The first-order chi connectivity index (χ1) is 11.4. The second-order valence-electron chi connectivity index (χ2n) is 5.52. The molecule has 0 aliphatic carbocycles. The summed E-state index contributed by atoms with van der Waals surface area (Å²) in [4.78, 5) is 0.733. The lowest BCUT2D eigenvalue weighted by atomic mass is 10.1. The molecule has 0 unspecified atom stereocenters. The Bertz CT molecular complexity index is 971. The Morgan fingerprint density at radius 2 is 2.00 bits per heavy atom. The third kappa shape index (κ3) is 3.22. The number of sulfonamides is 1. The van der Waals surface area contributed by atoms with Gasteiger partial charge in [-0.2, -0.15) is 0 Å². The number of hydrogen-bond donors (Lipinski definition) is 1. The quantitative estimate of drug-likeness (QED) is 0.731. The Kier molecular flexibility index (Phi) is 4.47. The Morgan fingerprint density at radius 1 is 1.21 bits per heavy atom. The summed E-state index contributed by atoms with van der Waals surface area (Å²) in [7, 11) is -3.64. The van der Waals surface area contributed by atoms with Gasteiger partial charge in [0.2, 0.25) is 0 Å². The Morgan fingerprint density at radius 3 is 2.67 bits per heavy atom. The highest BCUT2D eigenvalue weighted by Crippen LogP contribution is 2.33. The van der Waals surface area contributed by atoms with Crippen LogP contribution >= 0.6 is 11.3 Å². The molecule has 5 nitrogen and oxygen atoms in total. The van der Waals surface area contributed by atoms with Crippen LogP contribution in [-0.4, -0.2) is 13.6 Å². The van der Waals surface area contributed by atoms with Crippen molar-refractivity contribution in [1.29, 1.82) is 0 Å². The van der Waals surface area contributed by atoms with Crippen LogP contribution in [0.2, 0.25) is 0 Å². The fraction of sp³-hybridized carbons (Fsp3) is 0.235. The van der Waals surface area contributed by atoms with Crippen LogP contribution in [0.1, 0.15) is 23.7 Å². The van der Waals surface area contributed by atoms with Crippen LogP contribution in [0.3, 0.4) is 0 Å². The molecule has 2 aromatic heterocycles. The molecule has 3 rings (SSSR count). The Balaban J connectivity index is 1.94. The molecule has 0 amide bonds. The molecule has 126 valence electrons. The maximum atomic E-state index is 12.7. The fourth-order valence-electron chi connectivity index (χ4n) is 2.43. The molecular formula is C17H18N2O3S2. The largest absolute Gasteiger partial charge is 0.355 e. The average molecular weight is 362 g/mol. The lowest BCUT2D eigenvalue weighted by Gasteiger charge is -2.13. The van der Waals surface area contributed by atoms with E-state index in [1.54, 1.807) is 18.2 Å². The van der Waals surface area contributed by atoms with Crippen LogP contribution in [0.5, 0.6) is 0 Å². The number of nitrogens with zero attached hydrogens (tertiary/aromatic N) is 1. The monoisotopic (exact) mass is 362 g/mol. The molecule has 0 radical (unpaired) electrons. The molecule has 2 heterocycles. The van der Waals surface area contributed by atoms with Crippen molar-refractivity contribution in [3.8, 4) is 10.6 Å². The number of nitrogens with one attached hydrogen (secondary N) is 1. The molecule has 0 aliphatic rings. The minimum absolute atomic E-state index is 0.247. The molecule has 0 atom stereocenters. The summed E-state index contributed by atoms with van der Waals surface area (Å²) >= 11 is 1.16. The summed E-state index contributed by atoms with van der Waals surface area (Å²) in [5, 5.41) is 3.83. The summed E-state index contributed by atoms with van der Waals surface area (Å²) in [6, 6.07) is 10.9. The minimum atomic E-state index is -3.64. The third-order valence-electron chi connectivity index (χ3n) is 3.69. The average Bonchev–Trinajstić information content (AvgIpc) is 3.18. The topological polar surface area (TPSA) is 72.2 Å². The van der Waals surface area contributed by atoms with Crippen molar-refractivity contribution in [1.82, 2.24) is 5.16 Å². The number of anilines is 1. The predicted octanol–water partition coefficient (Wildman–Crippen LogP) is 4.38. The van der Waals surface area contributed by atoms with Crippen molar-refractivity contribution >= 4 is 27.0 Å². The van der Waals surface area contributed by atoms with Gasteiger partial charge in [-0.1, -0.05) is 30.3 Å². The first-order valence-electron chi connectivity index (χ1n) is 7.55. The molecular weight excluding hydrogens is 344 g/mol. The van der Waals surface area contributed by atoms with Crippen molar-refractivity contribution in [3.05, 3.63) is 53.2 Å². The first kappa shape index (κ1) is 16.7. The molecule has 3 aromatic rings. The van der Waals surface area contributed by atoms with Gasteiger partial charge in [-0.3, -0.25) is 4.72 Å². The van der Waals surface area contributed by atoms with Crippen molar-refractivity contribution in [3.63, 3.8) is 0 Å². The van der Waals surface area contributed by atoms with Crippen LogP contribution in [0.25, 0.3) is 10.6 Å². The minimum Gasteiger partial charge on any atom is -0.355 e. The normalized spacial score (nSPS) is 11.6. The van der Waals surface area contributed by atoms with E-state index >= 15 is 0 Å². The van der Waals surface area contributed by atoms with Crippen molar-refractivity contribution in [2.24, 2.45) is 0 Å². The molecule has 0 bridgehead atoms. The molecule has 1 aromatic carbocycles. The van der Waals surface area contributed by atoms with Crippen LogP contribution in [0.15, 0.2) is 45.1 Å². The lowest BCUT2D eigenvalue weighted by Crippen LogP contribution is -2.13. The second-order valence-corrected chi connectivity index (χ2v) is 8.51. The summed E-state index contributed by atoms with van der Waals surface area (Å²) in [6.45, 7) is 5.72. The van der Waals surface area contributed by atoms with Gasteiger partial charge in [0.25, 0.3) is 10.0 Å². The van der Waals surface area contributed by atoms with Gasteiger partial charge in [-0.05, 0) is 43.5 Å². The van der Waals surface area contributed by atoms with Crippen LogP contribution in [0, 0.1) is 13.8 Å². The Labute approximate surface area is 145 Å². The van der Waals surface area contributed by atoms with Crippen LogP contribution in [-0.2, 0) is 16.4 Å². The molecule has 0 saturated heterocycles. The van der Waals surface area contributed by atoms with Crippen molar-refractivity contribution < 1.29 is 12.9 Å². The molecule has 0 saturated carbocycles. The summed E-state index contributed by atoms with van der Waals surface area (Å²) in [5.74, 6) is 0.573. The van der Waals surface area contributed by atoms with E-state index in [9.17, 15) is 8.42 Å². The highest BCUT2D eigenvalue weighted by atomic mass is 32.2. The number of aryl methyl sites for hydroxylation is 3. The zero-order chi connectivity index (χ0) is 17.3. The van der Waals surface area contributed by atoms with Gasteiger partial charge in [0.1, 0.15) is 4.21 Å². The number of rotatable bonds is 5. The standard InChI is InChI=1S/C17H18N2O3S2/c1-4-13-7-5-6-11(2)17(13)19-24(20,21)16-9-8-15(23-16)14-10-12(3)18-22-14/h5-10,19H,4H2,1-3H3. The molecule has 1 N–H and O–H groups in total. The van der Waals surface area contributed by atoms with Crippen molar-refractivity contribution in [2.45, 2.75) is 31.4 Å². The van der Waals surface area contributed by atoms with E-state index in [-0.39, 0.29) is 4.21 Å². The van der Waals surface area contributed by atoms with E-state index in [1.807, 2.05) is 39.0 Å². The predicted molar refractivity (Wildman–Crippen MR) is 95.9 cm³/mol. The maximum Gasteiger partial charge on any atom is 0.271 e. The zero-order valence-corrected chi connectivity index (χ0v) is 15.3. The Hall–Kier alpha value is -2.12. The van der Waals surface area contributed by atoms with E-state index in [4.69, 9.17) is 4.52 Å². The number of para-hydroxylation sites is 1. The van der Waals surface area contributed by atoms with Crippen LogP contribution < -0.4 is 4.72 Å². The van der Waals surface area contributed by atoms with E-state index in [0.717, 1.165) is 39.5 Å². The number of aromatic nitrogens is 1. The zero-order valence-electron chi connectivity index (χ0n) is 13.7. The first-order valence-corrected chi connectivity index (χ1v) is 9.85. The van der Waals surface area contributed by atoms with Crippen molar-refractivity contribution in [2.75, 3.05) is 4.72 Å². The fourth-order valence-corrected chi connectivity index (χ4v) is 4.86. The molecule has 7 heteroatoms. The van der Waals surface area contributed by atoms with E-state index in [0.29, 0.717) is 11.4 Å². The maximum absolute atomic E-state index is 12.7. The molecule has 24 heavy (non-hydrogen) atoms. The number of benzene rings is 1. The summed E-state index contributed by atoms with van der Waals surface area (Å²) < 4.78 is 33.6. The number of hydrogen-bond acceptors (Lipinski definition) is 5. The van der Waals surface area contributed by atoms with E-state index < -0.39 is 10.0 Å². The van der Waals surface area contributed by atoms with Gasteiger partial charge in [0.05, 0.1) is 16.3 Å². The highest BCUT2D eigenvalue weighted by Gasteiger charge is 2.20. The smallest absolute Gasteiger partial charge is 0.271 e. The molecule has 0 fully saturated rings. The SMILES string of the molecule is CCc1cccc(C)c1NS(=O)(=O)c1ccc(-c2cc(C)no2)s1. The van der Waals surface area contributed by atoms with Gasteiger partial charge in [0, 0.05) is 6.07 Å². The van der Waals surface area contributed by atoms with Gasteiger partial charge in [-0.25, -0.2) is 8.42 Å². The van der Waals surface area contributed by atoms with Crippen LogP contribution in [0.4, 0.5) is 5.69 Å². The molecule has 0 aliphatic heterocycles. The summed E-state index contributed by atoms with van der Waals surface area (Å²) in [5.41, 5.74) is 3.29. The highest BCUT2D eigenvalue weighted by molar-refractivity contribution is 7.94. The number of thiophene rings is 1.